The first-order valence-corrected chi connectivity index (χ1v) is 6.85. The van der Waals surface area contributed by atoms with Crippen LogP contribution in [0.5, 0.6) is 0 Å². The molecule has 0 aromatic carbocycles. The van der Waals surface area contributed by atoms with Gasteiger partial charge < -0.3 is 5.32 Å². The fraction of sp³-hybridized carbons (Fsp3) is 0.692. The van der Waals surface area contributed by atoms with Gasteiger partial charge in [-0.25, -0.2) is 0 Å². The Hall–Kier alpha value is -0.830. The van der Waals surface area contributed by atoms with Crippen LogP contribution in [0.1, 0.15) is 39.0 Å². The predicted octanol–water partition coefficient (Wildman–Crippen LogP) is 3.76. The highest BCUT2D eigenvalue weighted by atomic mass is 35.5. The Bertz CT molecular complexity index is 331. The van der Waals surface area contributed by atoms with E-state index < -0.39 is 0 Å². The maximum atomic E-state index is 5.68. The second-order valence-corrected chi connectivity index (χ2v) is 5.47. The first-order valence-electron chi connectivity index (χ1n) is 6.47. The van der Waals surface area contributed by atoms with E-state index in [4.69, 9.17) is 11.6 Å². The Morgan fingerprint density at radius 2 is 2.00 bits per heavy atom. The number of hydrogen-bond donors (Lipinski definition) is 1. The van der Waals surface area contributed by atoms with Crippen molar-refractivity contribution in [3.05, 3.63) is 17.3 Å². The topological polar surface area (TPSA) is 37.8 Å². The van der Waals surface area contributed by atoms with Crippen LogP contribution in [0.3, 0.4) is 0 Å². The van der Waals surface area contributed by atoms with Gasteiger partial charge in [-0.1, -0.05) is 44.2 Å². The molecule has 1 aliphatic rings. The first kappa shape index (κ1) is 12.6. The SMILES string of the molecule is CC1CCC(CCNc2ccc(Cl)nn2)CC1. The number of halogens is 1. The van der Waals surface area contributed by atoms with Gasteiger partial charge >= 0.3 is 0 Å². The summed E-state index contributed by atoms with van der Waals surface area (Å²) in [4.78, 5) is 0. The van der Waals surface area contributed by atoms with Gasteiger partial charge in [-0.05, 0) is 30.4 Å². The average Bonchev–Trinajstić information content (AvgIpc) is 2.34. The van der Waals surface area contributed by atoms with E-state index in [0.717, 1.165) is 24.2 Å². The van der Waals surface area contributed by atoms with Crippen LogP contribution >= 0.6 is 11.6 Å². The Kier molecular flexibility index (Phi) is 4.60. The summed E-state index contributed by atoms with van der Waals surface area (Å²) in [7, 11) is 0. The normalized spacial score (nSPS) is 24.6. The summed E-state index contributed by atoms with van der Waals surface area (Å²) in [6.45, 7) is 3.34. The van der Waals surface area contributed by atoms with Crippen molar-refractivity contribution in [1.29, 1.82) is 0 Å². The molecule has 1 N–H and O–H groups in total. The van der Waals surface area contributed by atoms with E-state index in [9.17, 15) is 0 Å². The van der Waals surface area contributed by atoms with Crippen molar-refractivity contribution < 1.29 is 0 Å². The summed E-state index contributed by atoms with van der Waals surface area (Å²) in [6, 6.07) is 3.64. The number of rotatable bonds is 4. The summed E-state index contributed by atoms with van der Waals surface area (Å²) < 4.78 is 0. The summed E-state index contributed by atoms with van der Waals surface area (Å²) in [5.74, 6) is 2.64. The van der Waals surface area contributed by atoms with Crippen molar-refractivity contribution >= 4 is 17.4 Å². The summed E-state index contributed by atoms with van der Waals surface area (Å²) in [5.41, 5.74) is 0. The van der Waals surface area contributed by atoms with Crippen LogP contribution in [0.2, 0.25) is 5.15 Å². The quantitative estimate of drug-likeness (QED) is 0.888. The molecule has 0 spiro atoms. The largest absolute Gasteiger partial charge is 0.369 e. The highest BCUT2D eigenvalue weighted by Gasteiger charge is 2.17. The molecule has 1 aliphatic carbocycles. The van der Waals surface area contributed by atoms with E-state index in [1.54, 1.807) is 6.07 Å². The minimum Gasteiger partial charge on any atom is -0.369 e. The van der Waals surface area contributed by atoms with Gasteiger partial charge in [-0.2, -0.15) is 0 Å². The highest BCUT2D eigenvalue weighted by Crippen LogP contribution is 2.30. The van der Waals surface area contributed by atoms with Crippen molar-refractivity contribution in [2.24, 2.45) is 11.8 Å². The third-order valence-electron chi connectivity index (χ3n) is 3.63. The zero-order valence-corrected chi connectivity index (χ0v) is 11.1. The monoisotopic (exact) mass is 253 g/mol. The summed E-state index contributed by atoms with van der Waals surface area (Å²) in [6.07, 6.45) is 6.79. The van der Waals surface area contributed by atoms with E-state index in [2.05, 4.69) is 22.4 Å². The molecule has 1 aromatic rings. The molecule has 0 saturated heterocycles. The average molecular weight is 254 g/mol. The molecule has 0 atom stereocenters. The van der Waals surface area contributed by atoms with Gasteiger partial charge in [0.15, 0.2) is 5.15 Å². The molecule has 1 aromatic heterocycles. The second-order valence-electron chi connectivity index (χ2n) is 5.08. The molecule has 3 nitrogen and oxygen atoms in total. The van der Waals surface area contributed by atoms with Gasteiger partial charge in [0.2, 0.25) is 0 Å². The molecule has 0 amide bonds. The fourth-order valence-corrected chi connectivity index (χ4v) is 2.53. The summed E-state index contributed by atoms with van der Waals surface area (Å²) >= 11 is 5.68. The number of anilines is 1. The Morgan fingerprint density at radius 1 is 1.24 bits per heavy atom. The minimum absolute atomic E-state index is 0.441. The molecule has 1 fully saturated rings. The molecule has 1 heterocycles. The summed E-state index contributed by atoms with van der Waals surface area (Å²) in [5, 5.41) is 11.5. The van der Waals surface area contributed by atoms with Crippen molar-refractivity contribution in [1.82, 2.24) is 10.2 Å². The smallest absolute Gasteiger partial charge is 0.151 e. The third kappa shape index (κ3) is 4.15. The molecule has 1 saturated carbocycles. The second kappa shape index (κ2) is 6.20. The molecular weight excluding hydrogens is 234 g/mol. The molecule has 2 rings (SSSR count). The first-order chi connectivity index (χ1) is 8.24. The maximum absolute atomic E-state index is 5.68. The maximum Gasteiger partial charge on any atom is 0.151 e. The number of nitrogens with zero attached hydrogens (tertiary/aromatic N) is 2. The number of aromatic nitrogens is 2. The number of hydrogen-bond acceptors (Lipinski definition) is 3. The van der Waals surface area contributed by atoms with Gasteiger partial charge in [0.25, 0.3) is 0 Å². The standard InChI is InChI=1S/C13H20ClN3/c1-10-2-4-11(5-3-10)8-9-15-13-7-6-12(14)16-17-13/h6-7,10-11H,2-5,8-9H2,1H3,(H,15,17). The van der Waals surface area contributed by atoms with E-state index in [1.807, 2.05) is 6.07 Å². The lowest BCUT2D eigenvalue weighted by molar-refractivity contribution is 0.282. The lowest BCUT2D eigenvalue weighted by Crippen LogP contribution is -2.16. The van der Waals surface area contributed by atoms with E-state index in [0.29, 0.717) is 5.15 Å². The van der Waals surface area contributed by atoms with Gasteiger partial charge in [0.1, 0.15) is 5.82 Å². The molecular formula is C13H20ClN3. The van der Waals surface area contributed by atoms with Crippen molar-refractivity contribution in [3.63, 3.8) is 0 Å². The van der Waals surface area contributed by atoms with Crippen molar-refractivity contribution in [3.8, 4) is 0 Å². The molecule has 0 bridgehead atoms. The van der Waals surface area contributed by atoms with Gasteiger partial charge in [0.05, 0.1) is 0 Å². The van der Waals surface area contributed by atoms with Crippen LogP contribution in [-0.4, -0.2) is 16.7 Å². The zero-order valence-electron chi connectivity index (χ0n) is 10.3. The van der Waals surface area contributed by atoms with Crippen molar-refractivity contribution in [2.75, 3.05) is 11.9 Å². The Labute approximate surface area is 108 Å². The minimum atomic E-state index is 0.441. The van der Waals surface area contributed by atoms with Crippen LogP contribution in [0.25, 0.3) is 0 Å². The number of nitrogens with one attached hydrogen (secondary N) is 1. The van der Waals surface area contributed by atoms with E-state index in [1.165, 1.54) is 32.1 Å². The van der Waals surface area contributed by atoms with Crippen molar-refractivity contribution in [2.45, 2.75) is 39.0 Å². The van der Waals surface area contributed by atoms with Crippen LogP contribution < -0.4 is 5.32 Å². The van der Waals surface area contributed by atoms with Gasteiger partial charge in [0, 0.05) is 6.54 Å². The van der Waals surface area contributed by atoms with Gasteiger partial charge in [-0.3, -0.25) is 0 Å². The lowest BCUT2D eigenvalue weighted by atomic mass is 9.81. The lowest BCUT2D eigenvalue weighted by Gasteiger charge is -2.26. The molecule has 0 radical (unpaired) electrons. The molecule has 0 unspecified atom stereocenters. The molecule has 0 aliphatic heterocycles. The molecule has 94 valence electrons. The van der Waals surface area contributed by atoms with Crippen LogP contribution in [0, 0.1) is 11.8 Å². The zero-order chi connectivity index (χ0) is 12.1. The van der Waals surface area contributed by atoms with Crippen LogP contribution in [0.4, 0.5) is 5.82 Å². The molecule has 4 heteroatoms. The van der Waals surface area contributed by atoms with Gasteiger partial charge in [-0.15, -0.1) is 10.2 Å². The van der Waals surface area contributed by atoms with Crippen LogP contribution in [-0.2, 0) is 0 Å². The Balaban J connectivity index is 1.67. The van der Waals surface area contributed by atoms with Crippen LogP contribution in [0.15, 0.2) is 12.1 Å². The predicted molar refractivity (Wildman–Crippen MR) is 71.3 cm³/mol. The van der Waals surface area contributed by atoms with E-state index >= 15 is 0 Å². The van der Waals surface area contributed by atoms with E-state index in [-0.39, 0.29) is 0 Å². The Morgan fingerprint density at radius 3 is 2.65 bits per heavy atom. The molecule has 17 heavy (non-hydrogen) atoms. The third-order valence-corrected chi connectivity index (χ3v) is 3.83. The highest BCUT2D eigenvalue weighted by molar-refractivity contribution is 6.29. The fourth-order valence-electron chi connectivity index (χ4n) is 2.43.